The first-order chi connectivity index (χ1) is 18.7. The van der Waals surface area contributed by atoms with Crippen molar-refractivity contribution < 1.29 is 23.5 Å². The number of amides is 2. The van der Waals surface area contributed by atoms with Crippen LogP contribution in [0.1, 0.15) is 76.8 Å². The van der Waals surface area contributed by atoms with Gasteiger partial charge < -0.3 is 23.7 Å². The molecular weight excluding hydrogens is 496 g/mol. The molecule has 8 nitrogen and oxygen atoms in total. The summed E-state index contributed by atoms with van der Waals surface area (Å²) in [6, 6.07) is 3.71. The lowest BCUT2D eigenvalue weighted by Crippen LogP contribution is -2.61. The summed E-state index contributed by atoms with van der Waals surface area (Å²) in [5.74, 6) is 2.08. The van der Waals surface area contributed by atoms with Crippen LogP contribution in [0.2, 0.25) is 0 Å². The smallest absolute Gasteiger partial charge is 0.336 e. The van der Waals surface area contributed by atoms with Crippen LogP contribution in [0, 0.1) is 11.8 Å². The zero-order valence-electron chi connectivity index (χ0n) is 23.4. The van der Waals surface area contributed by atoms with Crippen molar-refractivity contribution in [1.29, 1.82) is 0 Å². The fourth-order valence-electron chi connectivity index (χ4n) is 7.24. The van der Waals surface area contributed by atoms with E-state index in [0.717, 1.165) is 74.4 Å². The molecule has 8 heteroatoms. The fraction of sp³-hybridized carbons (Fsp3) is 0.645. The summed E-state index contributed by atoms with van der Waals surface area (Å²) < 4.78 is 18.3. The molecule has 0 spiro atoms. The highest BCUT2D eigenvalue weighted by Gasteiger charge is 2.44. The Morgan fingerprint density at radius 2 is 2.00 bits per heavy atom. The lowest BCUT2D eigenvalue weighted by atomic mass is 9.76. The molecule has 6 rings (SSSR count). The Labute approximate surface area is 229 Å². The van der Waals surface area contributed by atoms with Crippen LogP contribution in [-0.4, -0.2) is 59.5 Å². The van der Waals surface area contributed by atoms with Crippen molar-refractivity contribution in [2.24, 2.45) is 11.8 Å². The van der Waals surface area contributed by atoms with Crippen LogP contribution in [0.25, 0.3) is 11.0 Å². The van der Waals surface area contributed by atoms with Gasteiger partial charge in [0.2, 0.25) is 5.91 Å². The van der Waals surface area contributed by atoms with Gasteiger partial charge in [-0.2, -0.15) is 0 Å². The summed E-state index contributed by atoms with van der Waals surface area (Å²) in [6.45, 7) is 8.22. The van der Waals surface area contributed by atoms with Crippen molar-refractivity contribution in [2.75, 3.05) is 26.2 Å². The van der Waals surface area contributed by atoms with Crippen LogP contribution in [0.5, 0.6) is 11.5 Å². The number of nitrogens with zero attached hydrogens (tertiary/aromatic N) is 2. The van der Waals surface area contributed by atoms with Gasteiger partial charge in [-0.15, -0.1) is 0 Å². The summed E-state index contributed by atoms with van der Waals surface area (Å²) >= 11 is 0. The molecule has 2 aromatic rings. The third-order valence-electron chi connectivity index (χ3n) is 9.17. The second-order valence-electron chi connectivity index (χ2n) is 12.6. The lowest BCUT2D eigenvalue weighted by Gasteiger charge is -2.52. The van der Waals surface area contributed by atoms with E-state index in [1.807, 2.05) is 24.8 Å². The van der Waals surface area contributed by atoms with Crippen LogP contribution in [0.4, 0.5) is 0 Å². The van der Waals surface area contributed by atoms with E-state index in [0.29, 0.717) is 48.4 Å². The molecule has 1 aromatic carbocycles. The molecule has 0 saturated carbocycles. The van der Waals surface area contributed by atoms with Crippen molar-refractivity contribution in [3.8, 4) is 11.5 Å². The van der Waals surface area contributed by atoms with Crippen LogP contribution in [0.3, 0.4) is 0 Å². The van der Waals surface area contributed by atoms with E-state index in [1.165, 1.54) is 0 Å². The zero-order valence-corrected chi connectivity index (χ0v) is 23.4. The number of rotatable bonds is 6. The highest BCUT2D eigenvalue weighted by molar-refractivity contribution is 5.92. The normalized spacial score (nSPS) is 25.6. The first kappa shape index (κ1) is 26.2. The van der Waals surface area contributed by atoms with Crippen LogP contribution in [-0.2, 0) is 22.4 Å². The van der Waals surface area contributed by atoms with Gasteiger partial charge in [-0.3, -0.25) is 9.59 Å². The topological polar surface area (TPSA) is 89.3 Å². The average Bonchev–Trinajstić information content (AvgIpc) is 2.89. The van der Waals surface area contributed by atoms with E-state index in [9.17, 15) is 14.4 Å². The first-order valence-corrected chi connectivity index (χ1v) is 14.7. The highest BCUT2D eigenvalue weighted by atomic mass is 16.5. The van der Waals surface area contributed by atoms with E-state index in [4.69, 9.17) is 13.9 Å². The predicted molar refractivity (Wildman–Crippen MR) is 147 cm³/mol. The Hall–Kier alpha value is -3.03. The van der Waals surface area contributed by atoms with E-state index < -0.39 is 0 Å². The molecular formula is C31H40N2O6. The molecule has 5 heterocycles. The van der Waals surface area contributed by atoms with Crippen LogP contribution < -0.4 is 15.1 Å². The van der Waals surface area contributed by atoms with Gasteiger partial charge >= 0.3 is 5.63 Å². The third kappa shape index (κ3) is 5.03. The van der Waals surface area contributed by atoms with Crippen molar-refractivity contribution in [1.82, 2.24) is 9.80 Å². The molecule has 210 valence electrons. The van der Waals surface area contributed by atoms with E-state index in [-0.39, 0.29) is 35.7 Å². The molecule has 3 saturated heterocycles. The van der Waals surface area contributed by atoms with Crippen LogP contribution in [0.15, 0.2) is 21.3 Å². The quantitative estimate of drug-likeness (QED) is 0.506. The fourth-order valence-corrected chi connectivity index (χ4v) is 7.24. The standard InChI is InChI=1S/C31H40N2O6/c1-4-5-7-20-13-28(36)38-30-22-10-11-31(2,3)39-24(22)14-25(29(20)30)37-18-27(35)32-15-19-12-21(17-32)23-8-6-9-26(34)33(23)16-19/h13-14,19,21,23H,4-12,15-18H2,1-3H3/t19-,21+,23+/m1/s1. The molecule has 39 heavy (non-hydrogen) atoms. The molecule has 2 bridgehead atoms. The molecule has 3 atom stereocenters. The molecule has 0 aliphatic carbocycles. The summed E-state index contributed by atoms with van der Waals surface area (Å²) in [7, 11) is 0. The summed E-state index contributed by atoms with van der Waals surface area (Å²) in [4.78, 5) is 42.5. The maximum Gasteiger partial charge on any atom is 0.336 e. The number of hydrogen-bond acceptors (Lipinski definition) is 6. The number of aryl methyl sites for hydroxylation is 2. The second kappa shape index (κ2) is 10.2. The van der Waals surface area contributed by atoms with Gasteiger partial charge in [0.05, 0.1) is 5.39 Å². The number of hydrogen-bond donors (Lipinski definition) is 0. The molecule has 0 N–H and O–H groups in total. The first-order valence-electron chi connectivity index (χ1n) is 14.7. The summed E-state index contributed by atoms with van der Waals surface area (Å²) in [5.41, 5.74) is 1.61. The Balaban J connectivity index is 1.26. The molecule has 0 unspecified atom stereocenters. The third-order valence-corrected chi connectivity index (χ3v) is 9.17. The maximum absolute atomic E-state index is 13.5. The molecule has 1 aromatic heterocycles. The maximum atomic E-state index is 13.5. The van der Waals surface area contributed by atoms with Crippen molar-refractivity contribution >= 4 is 22.8 Å². The number of unbranched alkanes of at least 4 members (excludes halogenated alkanes) is 1. The van der Waals surface area contributed by atoms with Gasteiger partial charge in [-0.25, -0.2) is 4.79 Å². The minimum Gasteiger partial charge on any atom is -0.487 e. The molecule has 3 fully saturated rings. The van der Waals surface area contributed by atoms with Gasteiger partial charge in [0.25, 0.3) is 5.91 Å². The van der Waals surface area contributed by atoms with Crippen LogP contribution >= 0.6 is 0 Å². The number of likely N-dealkylation sites (tertiary alicyclic amines) is 1. The van der Waals surface area contributed by atoms with Crippen molar-refractivity contribution in [2.45, 2.75) is 90.2 Å². The van der Waals surface area contributed by atoms with Crippen molar-refractivity contribution in [3.05, 3.63) is 33.7 Å². The minimum absolute atomic E-state index is 0.0418. The average molecular weight is 537 g/mol. The Morgan fingerprint density at radius 1 is 1.15 bits per heavy atom. The largest absolute Gasteiger partial charge is 0.487 e. The number of carbonyl (C=O) groups excluding carboxylic acids is 2. The predicted octanol–water partition coefficient (Wildman–Crippen LogP) is 4.48. The van der Waals surface area contributed by atoms with Gasteiger partial charge in [0, 0.05) is 49.8 Å². The van der Waals surface area contributed by atoms with Crippen molar-refractivity contribution in [3.63, 3.8) is 0 Å². The zero-order chi connectivity index (χ0) is 27.3. The lowest BCUT2D eigenvalue weighted by molar-refractivity contribution is -0.149. The Bertz CT molecular complexity index is 1350. The van der Waals surface area contributed by atoms with Gasteiger partial charge in [0.1, 0.15) is 22.7 Å². The Kier molecular flexibility index (Phi) is 6.84. The summed E-state index contributed by atoms with van der Waals surface area (Å²) in [5, 5.41) is 0.782. The SMILES string of the molecule is CCCCc1cc(=O)oc2c3c(cc(OCC(=O)N4C[C@H]5C[C@@H](C4)[C@@H]4CCCC(=O)N4C5)c12)OC(C)(C)CC3. The molecule has 0 radical (unpaired) electrons. The van der Waals surface area contributed by atoms with E-state index >= 15 is 0 Å². The van der Waals surface area contributed by atoms with E-state index in [1.54, 1.807) is 6.07 Å². The highest BCUT2D eigenvalue weighted by Crippen LogP contribution is 2.43. The molecule has 2 amide bonds. The minimum atomic E-state index is -0.371. The Morgan fingerprint density at radius 3 is 2.82 bits per heavy atom. The number of ether oxygens (including phenoxy) is 2. The van der Waals surface area contributed by atoms with Gasteiger partial charge in [0.15, 0.2) is 6.61 Å². The molecule has 4 aliphatic rings. The number of piperidine rings is 3. The second-order valence-corrected chi connectivity index (χ2v) is 12.6. The number of carbonyl (C=O) groups is 2. The number of fused-ring (bicyclic) bond motifs is 7. The monoisotopic (exact) mass is 536 g/mol. The summed E-state index contributed by atoms with van der Waals surface area (Å²) in [6.07, 6.45) is 7.95. The number of benzene rings is 1. The van der Waals surface area contributed by atoms with E-state index in [2.05, 4.69) is 11.8 Å². The molecule has 4 aliphatic heterocycles. The van der Waals surface area contributed by atoms with Gasteiger partial charge in [-0.1, -0.05) is 13.3 Å². The van der Waals surface area contributed by atoms with Gasteiger partial charge in [-0.05, 0) is 76.2 Å².